The van der Waals surface area contributed by atoms with Gasteiger partial charge in [0.05, 0.1) is 27.7 Å². The Kier molecular flexibility index (Phi) is 41.7. The third kappa shape index (κ3) is 46.0. The second-order valence-electron chi connectivity index (χ2n) is 18.2. The van der Waals surface area contributed by atoms with Gasteiger partial charge in [0.25, 0.3) is 7.82 Å². The van der Waals surface area contributed by atoms with Crippen LogP contribution >= 0.6 is 7.82 Å². The summed E-state index contributed by atoms with van der Waals surface area (Å²) in [5.74, 6) is -0.841. The van der Waals surface area contributed by atoms with Gasteiger partial charge in [0.15, 0.2) is 6.10 Å². The lowest BCUT2D eigenvalue weighted by Crippen LogP contribution is -2.37. The van der Waals surface area contributed by atoms with E-state index in [1.165, 1.54) is 135 Å². The number of rotatable bonds is 46. The van der Waals surface area contributed by atoms with Crippen molar-refractivity contribution in [1.29, 1.82) is 0 Å². The summed E-state index contributed by atoms with van der Waals surface area (Å²) in [5.41, 5.74) is 0. The molecule has 0 aliphatic rings. The summed E-state index contributed by atoms with van der Waals surface area (Å²) < 4.78 is 34.0. The summed E-state index contributed by atoms with van der Waals surface area (Å²) in [7, 11) is 1.16. The minimum atomic E-state index is -4.63. The molecule has 0 aliphatic carbocycles. The molecule has 0 amide bonds. The molecular formula is C50H96NO8P. The minimum Gasteiger partial charge on any atom is -0.756 e. The van der Waals surface area contributed by atoms with Crippen LogP contribution in [0.3, 0.4) is 0 Å². The quantitative estimate of drug-likeness (QED) is 0.0195. The molecule has 0 saturated carbocycles. The maximum Gasteiger partial charge on any atom is 0.306 e. The zero-order valence-corrected chi connectivity index (χ0v) is 40.8. The van der Waals surface area contributed by atoms with Crippen LogP contribution in [0.25, 0.3) is 0 Å². The molecule has 0 radical (unpaired) electrons. The van der Waals surface area contributed by atoms with Gasteiger partial charge in [0.2, 0.25) is 0 Å². The van der Waals surface area contributed by atoms with Crippen LogP contribution in [0.2, 0.25) is 0 Å². The van der Waals surface area contributed by atoms with Crippen LogP contribution in [0.1, 0.15) is 232 Å². The molecule has 0 aliphatic heterocycles. The first-order valence-electron chi connectivity index (χ1n) is 25.0. The Hall–Kier alpha value is -1.51. The second kappa shape index (κ2) is 42.8. The molecule has 354 valence electrons. The molecule has 0 aromatic rings. The maximum atomic E-state index is 12.7. The van der Waals surface area contributed by atoms with E-state index in [9.17, 15) is 19.0 Å². The molecule has 0 aromatic heterocycles. The van der Waals surface area contributed by atoms with E-state index in [1.807, 2.05) is 21.1 Å². The molecule has 0 heterocycles. The van der Waals surface area contributed by atoms with Crippen molar-refractivity contribution in [2.75, 3.05) is 47.5 Å². The van der Waals surface area contributed by atoms with Gasteiger partial charge in [-0.25, -0.2) is 0 Å². The van der Waals surface area contributed by atoms with Crippen molar-refractivity contribution in [3.63, 3.8) is 0 Å². The van der Waals surface area contributed by atoms with Crippen molar-refractivity contribution in [1.82, 2.24) is 0 Å². The molecule has 2 unspecified atom stereocenters. The number of allylic oxidation sites excluding steroid dienone is 4. The Balaban J connectivity index is 4.16. The van der Waals surface area contributed by atoms with Crippen LogP contribution in [0.4, 0.5) is 0 Å². The van der Waals surface area contributed by atoms with E-state index in [-0.39, 0.29) is 32.0 Å². The molecule has 0 saturated heterocycles. The third-order valence-corrected chi connectivity index (χ3v) is 11.9. The number of esters is 2. The summed E-state index contributed by atoms with van der Waals surface area (Å²) in [5, 5.41) is 0. The largest absolute Gasteiger partial charge is 0.756 e. The van der Waals surface area contributed by atoms with Crippen LogP contribution < -0.4 is 4.89 Å². The van der Waals surface area contributed by atoms with Gasteiger partial charge in [-0.2, -0.15) is 0 Å². The monoisotopic (exact) mass is 870 g/mol. The fourth-order valence-electron chi connectivity index (χ4n) is 7.05. The highest BCUT2D eigenvalue weighted by Gasteiger charge is 2.21. The van der Waals surface area contributed by atoms with E-state index in [4.69, 9.17) is 18.5 Å². The first-order chi connectivity index (χ1) is 29.0. The smallest absolute Gasteiger partial charge is 0.306 e. The Labute approximate surface area is 370 Å². The molecule has 0 rings (SSSR count). The molecule has 0 aromatic carbocycles. The number of phosphoric ester groups is 1. The minimum absolute atomic E-state index is 0.0318. The summed E-state index contributed by atoms with van der Waals surface area (Å²) in [6, 6.07) is 0. The van der Waals surface area contributed by atoms with Gasteiger partial charge in [-0.3, -0.25) is 14.2 Å². The molecule has 0 bridgehead atoms. The molecule has 0 spiro atoms. The van der Waals surface area contributed by atoms with Crippen LogP contribution in [0.15, 0.2) is 24.3 Å². The van der Waals surface area contributed by atoms with Crippen molar-refractivity contribution in [2.24, 2.45) is 0 Å². The number of hydrogen-bond acceptors (Lipinski definition) is 8. The SMILES string of the molecule is CCC/C=C\C/C=C\CCCCCCCC(=O)OC(COC(=O)CCCCCCCCCCCCCCCCCCCCCCCCC)COP(=O)([O-])OCC[N+](C)(C)C. The number of carbonyl (C=O) groups excluding carboxylic acids is 2. The van der Waals surface area contributed by atoms with E-state index in [0.29, 0.717) is 17.4 Å². The van der Waals surface area contributed by atoms with Crippen molar-refractivity contribution in [3.05, 3.63) is 24.3 Å². The first-order valence-corrected chi connectivity index (χ1v) is 26.5. The highest BCUT2D eigenvalue weighted by Crippen LogP contribution is 2.38. The van der Waals surface area contributed by atoms with Crippen LogP contribution in [0.5, 0.6) is 0 Å². The molecule has 10 heteroatoms. The highest BCUT2D eigenvalue weighted by molar-refractivity contribution is 7.45. The molecule has 0 N–H and O–H groups in total. The van der Waals surface area contributed by atoms with Gasteiger partial charge in [-0.1, -0.05) is 205 Å². The lowest BCUT2D eigenvalue weighted by Gasteiger charge is -2.28. The van der Waals surface area contributed by atoms with E-state index < -0.39 is 26.5 Å². The first kappa shape index (κ1) is 58.5. The number of likely N-dealkylation sites (N-methyl/N-ethyl adjacent to an activating group) is 1. The predicted molar refractivity (Wildman–Crippen MR) is 250 cm³/mol. The van der Waals surface area contributed by atoms with Crippen LogP contribution in [0, 0.1) is 0 Å². The van der Waals surface area contributed by atoms with Crippen molar-refractivity contribution in [3.8, 4) is 0 Å². The van der Waals surface area contributed by atoms with E-state index >= 15 is 0 Å². The molecule has 60 heavy (non-hydrogen) atoms. The molecule has 0 fully saturated rings. The van der Waals surface area contributed by atoms with E-state index in [0.717, 1.165) is 64.2 Å². The predicted octanol–water partition coefficient (Wildman–Crippen LogP) is 14.1. The lowest BCUT2D eigenvalue weighted by atomic mass is 10.0. The maximum absolute atomic E-state index is 12.7. The van der Waals surface area contributed by atoms with Crippen molar-refractivity contribution < 1.29 is 42.1 Å². The Bertz CT molecular complexity index is 1070. The van der Waals surface area contributed by atoms with E-state index in [1.54, 1.807) is 0 Å². The van der Waals surface area contributed by atoms with Crippen molar-refractivity contribution >= 4 is 19.8 Å². The fourth-order valence-corrected chi connectivity index (χ4v) is 7.78. The standard InChI is InChI=1S/C50H96NO8P/c1-6-8-10-12-14-16-18-20-21-22-23-24-25-26-27-28-29-31-32-34-36-38-40-42-49(52)56-46-48(47-58-60(54,55)57-45-44-51(3,4)5)59-50(53)43-41-39-37-35-33-30-19-17-15-13-11-9-7-2/h11,13,17,19,48H,6-10,12,14-16,18,20-47H2,1-5H3/b13-11-,19-17-. The van der Waals surface area contributed by atoms with Crippen LogP contribution in [-0.2, 0) is 32.7 Å². The number of carbonyl (C=O) groups is 2. The van der Waals surface area contributed by atoms with Crippen LogP contribution in [-0.4, -0.2) is 70.0 Å². The molecular weight excluding hydrogens is 774 g/mol. The summed E-state index contributed by atoms with van der Waals surface area (Å²) in [6.07, 6.45) is 47.9. The molecule has 2 atom stereocenters. The zero-order valence-electron chi connectivity index (χ0n) is 39.9. The average molecular weight is 870 g/mol. The van der Waals surface area contributed by atoms with Gasteiger partial charge < -0.3 is 27.9 Å². The molecule has 9 nitrogen and oxygen atoms in total. The second-order valence-corrected chi connectivity index (χ2v) is 19.6. The summed E-state index contributed by atoms with van der Waals surface area (Å²) in [4.78, 5) is 37.6. The van der Waals surface area contributed by atoms with Gasteiger partial charge in [-0.15, -0.1) is 0 Å². The van der Waals surface area contributed by atoms with Gasteiger partial charge in [0, 0.05) is 12.8 Å². The van der Waals surface area contributed by atoms with Gasteiger partial charge in [-0.05, 0) is 38.5 Å². The van der Waals surface area contributed by atoms with Crippen molar-refractivity contribution in [2.45, 2.75) is 238 Å². The zero-order chi connectivity index (χ0) is 44.3. The lowest BCUT2D eigenvalue weighted by molar-refractivity contribution is -0.870. The van der Waals surface area contributed by atoms with Gasteiger partial charge >= 0.3 is 11.9 Å². The summed E-state index contributed by atoms with van der Waals surface area (Å²) in [6.45, 7) is 4.18. The topological polar surface area (TPSA) is 111 Å². The number of ether oxygens (including phenoxy) is 2. The third-order valence-electron chi connectivity index (χ3n) is 11.0. The normalized spacial score (nSPS) is 13.6. The number of hydrogen-bond donors (Lipinski definition) is 0. The Morgan fingerprint density at radius 2 is 0.933 bits per heavy atom. The Morgan fingerprint density at radius 1 is 0.517 bits per heavy atom. The highest BCUT2D eigenvalue weighted by atomic mass is 31.2. The van der Waals surface area contributed by atoms with Gasteiger partial charge in [0.1, 0.15) is 19.8 Å². The van der Waals surface area contributed by atoms with E-state index in [2.05, 4.69) is 38.2 Å². The number of unbranched alkanes of at least 4 members (excludes halogenated alkanes) is 28. The fraction of sp³-hybridized carbons (Fsp3) is 0.880. The average Bonchev–Trinajstić information content (AvgIpc) is 3.20. The number of quaternary nitrogens is 1. The Morgan fingerprint density at radius 3 is 1.38 bits per heavy atom. The summed E-state index contributed by atoms with van der Waals surface area (Å²) >= 11 is 0. The number of nitrogens with zero attached hydrogens (tertiary/aromatic N) is 1. The number of phosphoric acid groups is 1.